The third-order valence-electron chi connectivity index (χ3n) is 6.03. The first kappa shape index (κ1) is 19.6. The highest BCUT2D eigenvalue weighted by Gasteiger charge is 2.36. The number of rotatable bonds is 3. The molecular weight excluding hydrogens is 357 g/mol. The van der Waals surface area contributed by atoms with Gasteiger partial charge in [0.25, 0.3) is 0 Å². The van der Waals surface area contributed by atoms with E-state index in [1.807, 2.05) is 19.1 Å². The largest absolute Gasteiger partial charge is 0.256 e. The molecule has 0 saturated heterocycles. The van der Waals surface area contributed by atoms with Crippen molar-refractivity contribution in [3.63, 3.8) is 0 Å². The van der Waals surface area contributed by atoms with Gasteiger partial charge in [0, 0.05) is 17.4 Å². The molecule has 0 aliphatic heterocycles. The number of hydrogen-bond donors (Lipinski definition) is 0. The minimum atomic E-state index is -0.209. The predicted molar refractivity (Wildman–Crippen MR) is 120 cm³/mol. The molecule has 0 fully saturated rings. The van der Waals surface area contributed by atoms with Gasteiger partial charge in [0.1, 0.15) is 5.82 Å². The van der Waals surface area contributed by atoms with Crippen molar-refractivity contribution >= 4 is 6.08 Å². The molecule has 0 atom stereocenters. The molecule has 1 aliphatic carbocycles. The zero-order valence-corrected chi connectivity index (χ0v) is 17.9. The van der Waals surface area contributed by atoms with E-state index >= 15 is 0 Å². The van der Waals surface area contributed by atoms with Crippen LogP contribution >= 0.6 is 0 Å². The van der Waals surface area contributed by atoms with Crippen molar-refractivity contribution in [3.05, 3.63) is 94.1 Å². The van der Waals surface area contributed by atoms with E-state index in [0.29, 0.717) is 5.92 Å². The van der Waals surface area contributed by atoms with Gasteiger partial charge < -0.3 is 0 Å². The highest BCUT2D eigenvalue weighted by Crippen LogP contribution is 2.46. The molecule has 0 bridgehead atoms. The van der Waals surface area contributed by atoms with Gasteiger partial charge in [0.05, 0.1) is 11.4 Å². The highest BCUT2D eigenvalue weighted by atomic mass is 19.1. The van der Waals surface area contributed by atoms with Crippen LogP contribution in [0.5, 0.6) is 0 Å². The number of pyridine rings is 1. The van der Waals surface area contributed by atoms with Gasteiger partial charge in [-0.25, -0.2) is 4.39 Å². The van der Waals surface area contributed by atoms with Crippen LogP contribution in [0.2, 0.25) is 0 Å². The standard InChI is InChI=1S/C27H28FN/c1-6-9-21-24(18-12-14-20(28)15-13-18)22-16-19-10-7-8-11-23(19)27(4,5)26(22)29-25(21)17(2)3/h6-15,17H,16H2,1-5H3/b9-6+. The molecule has 4 rings (SSSR count). The number of aromatic nitrogens is 1. The fraction of sp³-hybridized carbons (Fsp3) is 0.296. The van der Waals surface area contributed by atoms with Crippen LogP contribution in [0, 0.1) is 5.82 Å². The predicted octanol–water partition coefficient (Wildman–Crippen LogP) is 7.27. The number of benzene rings is 2. The number of halogens is 1. The summed E-state index contributed by atoms with van der Waals surface area (Å²) in [6.07, 6.45) is 5.08. The second-order valence-corrected chi connectivity index (χ2v) is 8.73. The van der Waals surface area contributed by atoms with Gasteiger partial charge in [-0.2, -0.15) is 0 Å². The Balaban J connectivity index is 2.11. The maximum Gasteiger partial charge on any atom is 0.123 e. The lowest BCUT2D eigenvalue weighted by Gasteiger charge is -2.36. The molecule has 0 spiro atoms. The summed E-state index contributed by atoms with van der Waals surface area (Å²) in [4.78, 5) is 5.26. The van der Waals surface area contributed by atoms with Crippen LogP contribution in [0.3, 0.4) is 0 Å². The van der Waals surface area contributed by atoms with Gasteiger partial charge in [-0.3, -0.25) is 4.98 Å². The molecule has 29 heavy (non-hydrogen) atoms. The summed E-state index contributed by atoms with van der Waals surface area (Å²) in [6.45, 7) is 11.0. The van der Waals surface area contributed by atoms with Crippen LogP contribution in [0.25, 0.3) is 17.2 Å². The maximum atomic E-state index is 13.7. The Morgan fingerprint density at radius 3 is 2.38 bits per heavy atom. The Morgan fingerprint density at radius 1 is 1.03 bits per heavy atom. The summed E-state index contributed by atoms with van der Waals surface area (Å²) in [5.41, 5.74) is 9.42. The van der Waals surface area contributed by atoms with Crippen LogP contribution in [0.4, 0.5) is 4.39 Å². The third kappa shape index (κ3) is 3.21. The normalized spacial score (nSPS) is 14.9. The van der Waals surface area contributed by atoms with Gasteiger partial charge in [0.2, 0.25) is 0 Å². The molecular formula is C27H28FN. The Bertz CT molecular complexity index is 1090. The molecule has 0 saturated carbocycles. The third-order valence-corrected chi connectivity index (χ3v) is 6.03. The summed E-state index contributed by atoms with van der Waals surface area (Å²) in [7, 11) is 0. The van der Waals surface area contributed by atoms with Gasteiger partial charge in [-0.05, 0) is 52.8 Å². The van der Waals surface area contributed by atoms with E-state index in [4.69, 9.17) is 4.98 Å². The van der Waals surface area contributed by atoms with Crippen molar-refractivity contribution in [2.24, 2.45) is 0 Å². The molecule has 148 valence electrons. The second kappa shape index (κ2) is 7.26. The summed E-state index contributed by atoms with van der Waals surface area (Å²) < 4.78 is 13.7. The minimum absolute atomic E-state index is 0.183. The van der Waals surface area contributed by atoms with E-state index in [0.717, 1.165) is 28.9 Å². The summed E-state index contributed by atoms with van der Waals surface area (Å²) >= 11 is 0. The number of allylic oxidation sites excluding steroid dienone is 1. The van der Waals surface area contributed by atoms with E-state index in [-0.39, 0.29) is 11.2 Å². The molecule has 1 aliphatic rings. The van der Waals surface area contributed by atoms with Gasteiger partial charge >= 0.3 is 0 Å². The van der Waals surface area contributed by atoms with E-state index < -0.39 is 0 Å². The fourth-order valence-electron chi connectivity index (χ4n) is 4.67. The smallest absolute Gasteiger partial charge is 0.123 e. The van der Waals surface area contributed by atoms with E-state index in [9.17, 15) is 4.39 Å². The molecule has 2 aromatic carbocycles. The van der Waals surface area contributed by atoms with Crippen molar-refractivity contribution in [2.75, 3.05) is 0 Å². The summed E-state index contributed by atoms with van der Waals surface area (Å²) in [6, 6.07) is 15.6. The second-order valence-electron chi connectivity index (χ2n) is 8.73. The van der Waals surface area contributed by atoms with Crippen molar-refractivity contribution in [3.8, 4) is 11.1 Å². The Morgan fingerprint density at radius 2 is 1.72 bits per heavy atom. The van der Waals surface area contributed by atoms with Crippen molar-refractivity contribution in [1.82, 2.24) is 4.98 Å². The van der Waals surface area contributed by atoms with Crippen LogP contribution in [-0.4, -0.2) is 4.98 Å². The molecule has 1 heterocycles. The van der Waals surface area contributed by atoms with Crippen molar-refractivity contribution in [1.29, 1.82) is 0 Å². The lowest BCUT2D eigenvalue weighted by molar-refractivity contribution is 0.580. The fourth-order valence-corrected chi connectivity index (χ4v) is 4.67. The Hall–Kier alpha value is -2.74. The molecule has 0 radical (unpaired) electrons. The van der Waals surface area contributed by atoms with Gasteiger partial charge in [0.15, 0.2) is 0 Å². The quantitative estimate of drug-likeness (QED) is 0.462. The monoisotopic (exact) mass is 385 g/mol. The van der Waals surface area contributed by atoms with Gasteiger partial charge in [-0.1, -0.05) is 76.2 Å². The topological polar surface area (TPSA) is 12.9 Å². The lowest BCUT2D eigenvalue weighted by Crippen LogP contribution is -2.30. The Kier molecular flexibility index (Phi) is 4.90. The van der Waals surface area contributed by atoms with Crippen LogP contribution in [-0.2, 0) is 11.8 Å². The summed E-state index contributed by atoms with van der Waals surface area (Å²) in [5.74, 6) is 0.0812. The first-order valence-electron chi connectivity index (χ1n) is 10.4. The van der Waals surface area contributed by atoms with E-state index in [2.05, 4.69) is 64.1 Å². The molecule has 0 amide bonds. The molecule has 3 aromatic rings. The van der Waals surface area contributed by atoms with Crippen LogP contribution < -0.4 is 0 Å². The van der Waals surface area contributed by atoms with E-state index in [1.54, 1.807) is 12.1 Å². The SMILES string of the molecule is C/C=C/c1c(C(C)C)nc2c(c1-c1ccc(F)cc1)Cc1ccccc1C2(C)C. The summed E-state index contributed by atoms with van der Waals surface area (Å²) in [5, 5.41) is 0. The van der Waals surface area contributed by atoms with Crippen molar-refractivity contribution < 1.29 is 4.39 Å². The number of fused-ring (bicyclic) bond motifs is 2. The molecule has 2 heteroatoms. The molecule has 0 unspecified atom stereocenters. The number of nitrogens with zero attached hydrogens (tertiary/aromatic N) is 1. The molecule has 1 nitrogen and oxygen atoms in total. The number of hydrogen-bond acceptors (Lipinski definition) is 1. The Labute approximate surface area is 173 Å². The maximum absolute atomic E-state index is 13.7. The molecule has 0 N–H and O–H groups in total. The van der Waals surface area contributed by atoms with Crippen LogP contribution in [0.15, 0.2) is 54.6 Å². The van der Waals surface area contributed by atoms with E-state index in [1.165, 1.54) is 22.3 Å². The average molecular weight is 386 g/mol. The minimum Gasteiger partial charge on any atom is -0.256 e. The lowest BCUT2D eigenvalue weighted by atomic mass is 9.69. The van der Waals surface area contributed by atoms with Crippen LogP contribution in [0.1, 0.15) is 74.2 Å². The van der Waals surface area contributed by atoms with Crippen molar-refractivity contribution in [2.45, 2.75) is 52.4 Å². The highest BCUT2D eigenvalue weighted by molar-refractivity contribution is 5.81. The zero-order valence-electron chi connectivity index (χ0n) is 17.9. The van der Waals surface area contributed by atoms with Gasteiger partial charge in [-0.15, -0.1) is 0 Å². The zero-order chi connectivity index (χ0) is 20.8. The first-order chi connectivity index (χ1) is 13.8. The molecule has 1 aromatic heterocycles. The first-order valence-corrected chi connectivity index (χ1v) is 10.4. The average Bonchev–Trinajstić information content (AvgIpc) is 2.69.